The zero-order chi connectivity index (χ0) is 13.7. The highest BCUT2D eigenvalue weighted by atomic mass is 32.1. The normalized spacial score (nSPS) is 17.7. The van der Waals surface area contributed by atoms with Crippen molar-refractivity contribution >= 4 is 17.2 Å². The van der Waals surface area contributed by atoms with Crippen molar-refractivity contribution in [1.82, 2.24) is 15.1 Å². The monoisotopic (exact) mass is 281 g/mol. The lowest BCUT2D eigenvalue weighted by molar-refractivity contribution is -0.133. The average Bonchev–Trinajstić information content (AvgIpc) is 2.94. The van der Waals surface area contributed by atoms with Gasteiger partial charge in [-0.3, -0.25) is 9.69 Å². The van der Waals surface area contributed by atoms with E-state index in [-0.39, 0.29) is 5.91 Å². The summed E-state index contributed by atoms with van der Waals surface area (Å²) in [5, 5.41) is 5.37. The summed E-state index contributed by atoms with van der Waals surface area (Å²) in [4.78, 5) is 17.7. The standard InChI is InChI=1S/C14H23N3OS/c1-3-12(13-5-4-10-19-13)16(2)11-14(18)17-8-6-15-7-9-17/h4-5,10,12,15H,3,6-9,11H2,1-2H3. The molecule has 19 heavy (non-hydrogen) atoms. The summed E-state index contributed by atoms with van der Waals surface area (Å²) in [6.07, 6.45) is 1.03. The van der Waals surface area contributed by atoms with Gasteiger partial charge < -0.3 is 10.2 Å². The SMILES string of the molecule is CCC(c1cccs1)N(C)CC(=O)N1CCNCC1. The largest absolute Gasteiger partial charge is 0.339 e. The molecule has 1 aliphatic heterocycles. The van der Waals surface area contributed by atoms with E-state index in [0.29, 0.717) is 12.6 Å². The molecule has 4 nitrogen and oxygen atoms in total. The van der Waals surface area contributed by atoms with Crippen molar-refractivity contribution in [2.45, 2.75) is 19.4 Å². The highest BCUT2D eigenvalue weighted by molar-refractivity contribution is 7.10. The molecule has 0 bridgehead atoms. The van der Waals surface area contributed by atoms with Gasteiger partial charge in [0.15, 0.2) is 0 Å². The third kappa shape index (κ3) is 3.78. The topological polar surface area (TPSA) is 35.6 Å². The molecule has 0 aromatic carbocycles. The van der Waals surface area contributed by atoms with Gasteiger partial charge in [0.1, 0.15) is 0 Å². The molecule has 1 aromatic heterocycles. The molecule has 1 unspecified atom stereocenters. The van der Waals surface area contributed by atoms with Crippen molar-refractivity contribution in [3.05, 3.63) is 22.4 Å². The van der Waals surface area contributed by atoms with E-state index in [2.05, 4.69) is 34.7 Å². The lowest BCUT2D eigenvalue weighted by Crippen LogP contribution is -2.49. The van der Waals surface area contributed by atoms with E-state index in [1.54, 1.807) is 11.3 Å². The maximum absolute atomic E-state index is 12.3. The number of nitrogens with zero attached hydrogens (tertiary/aromatic N) is 2. The van der Waals surface area contributed by atoms with Gasteiger partial charge in [-0.05, 0) is 24.9 Å². The highest BCUT2D eigenvalue weighted by Crippen LogP contribution is 2.26. The second kappa shape index (κ2) is 7.03. The molecule has 2 rings (SSSR count). The maximum atomic E-state index is 12.3. The molecule has 0 saturated carbocycles. The smallest absolute Gasteiger partial charge is 0.236 e. The predicted octanol–water partition coefficient (Wildman–Crippen LogP) is 1.56. The molecule has 1 aromatic rings. The van der Waals surface area contributed by atoms with Gasteiger partial charge in [-0.25, -0.2) is 0 Å². The lowest BCUT2D eigenvalue weighted by atomic mass is 10.1. The molecular weight excluding hydrogens is 258 g/mol. The molecule has 5 heteroatoms. The van der Waals surface area contributed by atoms with E-state index in [9.17, 15) is 4.79 Å². The third-order valence-electron chi connectivity index (χ3n) is 3.64. The van der Waals surface area contributed by atoms with Gasteiger partial charge in [-0.1, -0.05) is 13.0 Å². The van der Waals surface area contributed by atoms with Crippen LogP contribution in [0.1, 0.15) is 24.3 Å². The Bertz CT molecular complexity index is 387. The first-order valence-corrected chi connectivity index (χ1v) is 7.82. The fourth-order valence-electron chi connectivity index (χ4n) is 2.55. The number of carbonyl (C=O) groups excluding carboxylic acids is 1. The maximum Gasteiger partial charge on any atom is 0.236 e. The molecule has 1 aliphatic rings. The van der Waals surface area contributed by atoms with Crippen molar-refractivity contribution < 1.29 is 4.79 Å². The summed E-state index contributed by atoms with van der Waals surface area (Å²) in [7, 11) is 2.05. The summed E-state index contributed by atoms with van der Waals surface area (Å²) in [5.74, 6) is 0.249. The Labute approximate surface area is 119 Å². The van der Waals surface area contributed by atoms with Crippen LogP contribution >= 0.6 is 11.3 Å². The van der Waals surface area contributed by atoms with Crippen LogP contribution in [-0.4, -0.2) is 55.5 Å². The van der Waals surface area contributed by atoms with Crippen molar-refractivity contribution in [1.29, 1.82) is 0 Å². The van der Waals surface area contributed by atoms with Crippen LogP contribution < -0.4 is 5.32 Å². The summed E-state index contributed by atoms with van der Waals surface area (Å²) >= 11 is 1.77. The first kappa shape index (κ1) is 14.5. The van der Waals surface area contributed by atoms with Crippen molar-refractivity contribution in [2.75, 3.05) is 39.8 Å². The van der Waals surface area contributed by atoms with Crippen LogP contribution in [0.3, 0.4) is 0 Å². The fourth-order valence-corrected chi connectivity index (χ4v) is 3.52. The Morgan fingerprint density at radius 3 is 2.84 bits per heavy atom. The lowest BCUT2D eigenvalue weighted by Gasteiger charge is -2.31. The number of piperazine rings is 1. The van der Waals surface area contributed by atoms with Gasteiger partial charge in [0.2, 0.25) is 5.91 Å². The summed E-state index contributed by atoms with van der Waals surface area (Å²) in [5.41, 5.74) is 0. The van der Waals surface area contributed by atoms with Crippen LogP contribution in [0.4, 0.5) is 0 Å². The predicted molar refractivity (Wildman–Crippen MR) is 79.4 cm³/mol. The summed E-state index contributed by atoms with van der Waals surface area (Å²) < 4.78 is 0. The Kier molecular flexibility index (Phi) is 5.36. The van der Waals surface area contributed by atoms with Crippen LogP contribution in [0.2, 0.25) is 0 Å². The first-order valence-electron chi connectivity index (χ1n) is 6.94. The number of thiophene rings is 1. The van der Waals surface area contributed by atoms with Crippen molar-refractivity contribution in [3.63, 3.8) is 0 Å². The van der Waals surface area contributed by atoms with Crippen LogP contribution in [0.15, 0.2) is 17.5 Å². The van der Waals surface area contributed by atoms with Crippen LogP contribution in [0, 0.1) is 0 Å². The van der Waals surface area contributed by atoms with Crippen LogP contribution in [0.25, 0.3) is 0 Å². The minimum atomic E-state index is 0.249. The number of rotatable bonds is 5. The van der Waals surface area contributed by atoms with Gasteiger partial charge >= 0.3 is 0 Å². The van der Waals surface area contributed by atoms with Crippen molar-refractivity contribution in [2.24, 2.45) is 0 Å². The van der Waals surface area contributed by atoms with Gasteiger partial charge in [0, 0.05) is 37.1 Å². The number of hydrogen-bond acceptors (Lipinski definition) is 4. The Morgan fingerprint density at radius 2 is 2.26 bits per heavy atom. The van der Waals surface area contributed by atoms with E-state index < -0.39 is 0 Å². The van der Waals surface area contributed by atoms with E-state index in [1.165, 1.54) is 4.88 Å². The van der Waals surface area contributed by atoms with Crippen LogP contribution in [0.5, 0.6) is 0 Å². The summed E-state index contributed by atoms with van der Waals surface area (Å²) in [6, 6.07) is 4.59. The zero-order valence-corrected chi connectivity index (χ0v) is 12.6. The molecule has 1 N–H and O–H groups in total. The number of nitrogens with one attached hydrogen (secondary N) is 1. The van der Waals surface area contributed by atoms with Gasteiger partial charge in [0.25, 0.3) is 0 Å². The van der Waals surface area contributed by atoms with Crippen LogP contribution in [-0.2, 0) is 4.79 Å². The Morgan fingerprint density at radius 1 is 1.53 bits per heavy atom. The van der Waals surface area contributed by atoms with Crippen molar-refractivity contribution in [3.8, 4) is 0 Å². The Balaban J connectivity index is 1.91. The average molecular weight is 281 g/mol. The zero-order valence-electron chi connectivity index (χ0n) is 11.8. The van der Waals surface area contributed by atoms with Gasteiger partial charge in [0.05, 0.1) is 6.54 Å². The fraction of sp³-hybridized carbons (Fsp3) is 0.643. The number of amides is 1. The minimum Gasteiger partial charge on any atom is -0.339 e. The number of carbonyl (C=O) groups is 1. The molecule has 106 valence electrons. The molecule has 1 fully saturated rings. The third-order valence-corrected chi connectivity index (χ3v) is 4.62. The minimum absolute atomic E-state index is 0.249. The molecule has 1 atom stereocenters. The number of likely N-dealkylation sites (N-methyl/N-ethyl adjacent to an activating group) is 1. The van der Waals surface area contributed by atoms with E-state index in [0.717, 1.165) is 32.6 Å². The molecule has 2 heterocycles. The second-order valence-corrected chi connectivity index (χ2v) is 5.96. The van der Waals surface area contributed by atoms with Gasteiger partial charge in [-0.15, -0.1) is 11.3 Å². The molecule has 1 saturated heterocycles. The van der Waals surface area contributed by atoms with E-state index in [4.69, 9.17) is 0 Å². The second-order valence-electron chi connectivity index (χ2n) is 4.99. The van der Waals surface area contributed by atoms with E-state index in [1.807, 2.05) is 11.9 Å². The quantitative estimate of drug-likeness (QED) is 0.890. The van der Waals surface area contributed by atoms with E-state index >= 15 is 0 Å². The summed E-state index contributed by atoms with van der Waals surface area (Å²) in [6.45, 7) is 6.19. The highest BCUT2D eigenvalue weighted by Gasteiger charge is 2.22. The molecular formula is C14H23N3OS. The first-order chi connectivity index (χ1) is 9.22. The molecule has 0 aliphatic carbocycles. The molecule has 0 radical (unpaired) electrons. The molecule has 1 amide bonds. The molecule has 0 spiro atoms. The Hall–Kier alpha value is -0.910. The van der Waals surface area contributed by atoms with Gasteiger partial charge in [-0.2, -0.15) is 0 Å². The number of hydrogen-bond donors (Lipinski definition) is 1.